The molecule has 0 saturated heterocycles. The van der Waals surface area contributed by atoms with Gasteiger partial charge in [-0.2, -0.15) is 5.26 Å². The van der Waals surface area contributed by atoms with Gasteiger partial charge in [-0.25, -0.2) is 4.39 Å². The maximum Gasteiger partial charge on any atom is 0.244 e. The average molecular weight is 298 g/mol. The molecule has 0 saturated carbocycles. The first-order valence-corrected chi connectivity index (χ1v) is 6.94. The van der Waals surface area contributed by atoms with Crippen LogP contribution in [0.2, 0.25) is 0 Å². The number of rotatable bonds is 2. The number of nitrogens with zero attached hydrogens (tertiary/aromatic N) is 2. The zero-order chi connectivity index (χ0) is 15.9. The topological polar surface area (TPSA) is 87.7 Å². The number of halogens is 1. The molecule has 6 heteroatoms. The van der Waals surface area contributed by atoms with Gasteiger partial charge in [0, 0.05) is 11.3 Å². The minimum atomic E-state index is -0.619. The molecular weight excluding hydrogens is 283 g/mol. The molecule has 22 heavy (non-hydrogen) atoms. The average Bonchev–Trinajstić information content (AvgIpc) is 2.90. The van der Waals surface area contributed by atoms with Crippen LogP contribution < -0.4 is 10.5 Å². The third kappa shape index (κ3) is 2.02. The van der Waals surface area contributed by atoms with Crippen LogP contribution in [-0.2, 0) is 0 Å². The van der Waals surface area contributed by atoms with Gasteiger partial charge in [-0.05, 0) is 12.0 Å². The predicted molar refractivity (Wildman–Crippen MR) is 78.4 cm³/mol. The minimum Gasteiger partial charge on any atom is -0.420 e. The molecule has 2 heterocycles. The Balaban J connectivity index is 2.29. The smallest absolute Gasteiger partial charge is 0.244 e. The van der Waals surface area contributed by atoms with Crippen LogP contribution in [0.1, 0.15) is 42.5 Å². The van der Waals surface area contributed by atoms with Crippen molar-refractivity contribution in [3.05, 3.63) is 58.4 Å². The first-order valence-electron chi connectivity index (χ1n) is 6.94. The summed E-state index contributed by atoms with van der Waals surface area (Å²) in [7, 11) is 0. The van der Waals surface area contributed by atoms with Gasteiger partial charge in [-0.1, -0.05) is 32.0 Å². The van der Waals surface area contributed by atoms with Crippen LogP contribution in [0.25, 0.3) is 0 Å². The number of aromatic nitrogens is 2. The van der Waals surface area contributed by atoms with Gasteiger partial charge in [-0.3, -0.25) is 5.10 Å². The normalized spacial score (nSPS) is 17.1. The van der Waals surface area contributed by atoms with Crippen molar-refractivity contribution in [1.82, 2.24) is 10.2 Å². The summed E-state index contributed by atoms with van der Waals surface area (Å²) in [4.78, 5) is 0. The lowest BCUT2D eigenvalue weighted by Crippen LogP contribution is -2.22. The standard InChI is InChI=1S/C16H15FN4O/c1-8(2)14-13-12(9-5-3-4-6-11(9)17)10(7-18)15(19)22-16(13)21-20-14/h3-6,8,12H,19H2,1-2H3,(H,20,21)/t12-/m1/s1. The largest absolute Gasteiger partial charge is 0.420 e. The van der Waals surface area contributed by atoms with Crippen LogP contribution in [0.4, 0.5) is 4.39 Å². The van der Waals surface area contributed by atoms with E-state index in [1.807, 2.05) is 19.9 Å². The van der Waals surface area contributed by atoms with Gasteiger partial charge in [-0.15, -0.1) is 5.10 Å². The Morgan fingerprint density at radius 2 is 2.14 bits per heavy atom. The second kappa shape index (κ2) is 5.19. The lowest BCUT2D eigenvalue weighted by molar-refractivity contribution is 0.377. The maximum absolute atomic E-state index is 14.3. The highest BCUT2D eigenvalue weighted by atomic mass is 19.1. The molecule has 1 aromatic heterocycles. The van der Waals surface area contributed by atoms with Gasteiger partial charge in [0.05, 0.1) is 11.5 Å². The first-order chi connectivity index (χ1) is 10.5. The highest BCUT2D eigenvalue weighted by Crippen LogP contribution is 2.44. The van der Waals surface area contributed by atoms with E-state index in [9.17, 15) is 9.65 Å². The molecule has 112 valence electrons. The van der Waals surface area contributed by atoms with Crippen molar-refractivity contribution in [1.29, 1.82) is 5.26 Å². The Morgan fingerprint density at radius 1 is 1.41 bits per heavy atom. The fraction of sp³-hybridized carbons (Fsp3) is 0.250. The van der Waals surface area contributed by atoms with Gasteiger partial charge in [0.15, 0.2) is 0 Å². The molecule has 0 radical (unpaired) electrons. The molecule has 3 N–H and O–H groups in total. The summed E-state index contributed by atoms with van der Waals surface area (Å²) in [5, 5.41) is 16.5. The second-order valence-corrected chi connectivity index (χ2v) is 5.46. The lowest BCUT2D eigenvalue weighted by Gasteiger charge is -2.25. The van der Waals surface area contributed by atoms with Crippen molar-refractivity contribution in [2.24, 2.45) is 5.73 Å². The Kier molecular flexibility index (Phi) is 3.33. The Morgan fingerprint density at radius 3 is 2.77 bits per heavy atom. The van der Waals surface area contributed by atoms with E-state index in [2.05, 4.69) is 10.2 Å². The lowest BCUT2D eigenvalue weighted by atomic mass is 9.82. The number of aromatic amines is 1. The van der Waals surface area contributed by atoms with E-state index in [4.69, 9.17) is 10.5 Å². The van der Waals surface area contributed by atoms with Crippen molar-refractivity contribution in [3.8, 4) is 11.9 Å². The Hall–Kier alpha value is -2.81. The van der Waals surface area contributed by atoms with E-state index in [0.717, 1.165) is 5.69 Å². The number of allylic oxidation sites excluding steroid dienone is 1. The highest BCUT2D eigenvalue weighted by molar-refractivity contribution is 5.55. The number of fused-ring (bicyclic) bond motifs is 1. The molecule has 0 spiro atoms. The van der Waals surface area contributed by atoms with Crippen LogP contribution >= 0.6 is 0 Å². The van der Waals surface area contributed by atoms with E-state index in [1.165, 1.54) is 6.07 Å². The second-order valence-electron chi connectivity index (χ2n) is 5.46. The fourth-order valence-corrected chi connectivity index (χ4v) is 2.73. The molecule has 5 nitrogen and oxygen atoms in total. The maximum atomic E-state index is 14.3. The van der Waals surface area contributed by atoms with Crippen LogP contribution in [0, 0.1) is 17.1 Å². The molecule has 1 aliphatic rings. The zero-order valence-corrected chi connectivity index (χ0v) is 12.2. The minimum absolute atomic E-state index is 0.0370. The SMILES string of the molecule is CC(C)c1[nH]nc2c1[C@H](c1ccccc1F)C(C#N)=C(N)O2. The monoisotopic (exact) mass is 298 g/mol. The predicted octanol–water partition coefficient (Wildman–Crippen LogP) is 2.89. The molecule has 0 amide bonds. The third-order valence-electron chi connectivity index (χ3n) is 3.76. The number of hydrogen-bond donors (Lipinski definition) is 2. The summed E-state index contributed by atoms with van der Waals surface area (Å²) in [6, 6.07) is 8.40. The quantitative estimate of drug-likeness (QED) is 0.892. The number of H-pyrrole nitrogens is 1. The van der Waals surface area contributed by atoms with Crippen LogP contribution in [0.3, 0.4) is 0 Å². The van der Waals surface area contributed by atoms with Crippen LogP contribution in [0.15, 0.2) is 35.7 Å². The molecule has 1 aliphatic heterocycles. The summed E-state index contributed by atoms with van der Waals surface area (Å²) >= 11 is 0. The molecular formula is C16H15FN4O. The fourth-order valence-electron chi connectivity index (χ4n) is 2.73. The number of benzene rings is 1. The molecule has 2 aromatic rings. The van der Waals surface area contributed by atoms with Gasteiger partial charge in [0.2, 0.25) is 11.8 Å². The van der Waals surface area contributed by atoms with E-state index in [0.29, 0.717) is 17.0 Å². The summed E-state index contributed by atoms with van der Waals surface area (Å²) in [5.41, 5.74) is 7.89. The van der Waals surface area contributed by atoms with E-state index in [1.54, 1.807) is 18.2 Å². The summed E-state index contributed by atoms with van der Waals surface area (Å²) < 4.78 is 19.7. The van der Waals surface area contributed by atoms with E-state index in [-0.39, 0.29) is 17.4 Å². The highest BCUT2D eigenvalue weighted by Gasteiger charge is 2.36. The van der Waals surface area contributed by atoms with E-state index >= 15 is 0 Å². The van der Waals surface area contributed by atoms with Gasteiger partial charge in [0.1, 0.15) is 17.5 Å². The van der Waals surface area contributed by atoms with Crippen molar-refractivity contribution >= 4 is 0 Å². The van der Waals surface area contributed by atoms with Crippen LogP contribution in [-0.4, -0.2) is 10.2 Å². The van der Waals surface area contributed by atoms with Crippen molar-refractivity contribution in [2.45, 2.75) is 25.7 Å². The number of nitriles is 1. The van der Waals surface area contributed by atoms with Gasteiger partial charge >= 0.3 is 0 Å². The Bertz CT molecular complexity index is 801. The molecule has 3 rings (SSSR count). The van der Waals surface area contributed by atoms with Crippen molar-refractivity contribution < 1.29 is 9.13 Å². The van der Waals surface area contributed by atoms with Gasteiger partial charge < -0.3 is 10.5 Å². The molecule has 0 bridgehead atoms. The number of hydrogen-bond acceptors (Lipinski definition) is 4. The van der Waals surface area contributed by atoms with Crippen LogP contribution in [0.5, 0.6) is 5.88 Å². The number of ether oxygens (including phenoxy) is 1. The summed E-state index contributed by atoms with van der Waals surface area (Å²) in [6.07, 6.45) is 0. The molecule has 1 aromatic carbocycles. The summed E-state index contributed by atoms with van der Waals surface area (Å²) in [5.74, 6) is -0.630. The van der Waals surface area contributed by atoms with Gasteiger partial charge in [0.25, 0.3) is 0 Å². The van der Waals surface area contributed by atoms with Crippen molar-refractivity contribution in [2.75, 3.05) is 0 Å². The third-order valence-corrected chi connectivity index (χ3v) is 3.76. The first kappa shape index (κ1) is 14.1. The Labute approximate surface area is 127 Å². The number of nitrogens with one attached hydrogen (secondary N) is 1. The molecule has 0 fully saturated rings. The molecule has 1 atom stereocenters. The number of nitrogens with two attached hydrogens (primary N) is 1. The zero-order valence-electron chi connectivity index (χ0n) is 12.2. The summed E-state index contributed by atoms with van der Waals surface area (Å²) in [6.45, 7) is 3.97. The van der Waals surface area contributed by atoms with E-state index < -0.39 is 11.7 Å². The molecule has 0 unspecified atom stereocenters. The van der Waals surface area contributed by atoms with Crippen molar-refractivity contribution in [3.63, 3.8) is 0 Å². The molecule has 0 aliphatic carbocycles.